The Bertz CT molecular complexity index is 492. The van der Waals surface area contributed by atoms with Crippen LogP contribution in [0.5, 0.6) is 0 Å². The number of hydrogen-bond donors (Lipinski definition) is 1. The Balaban J connectivity index is 3.58. The molecule has 9 nitrogen and oxygen atoms in total. The SMILES string of the molecule is CNc1c([N+](=O)[O-])cc(C(=O)OC)cc1[N+](=O)[O-]. The Morgan fingerprint density at radius 1 is 1.22 bits per heavy atom. The number of rotatable bonds is 4. The highest BCUT2D eigenvalue weighted by Gasteiger charge is 2.27. The molecule has 0 atom stereocenters. The van der Waals surface area contributed by atoms with Gasteiger partial charge in [0.05, 0.1) is 22.5 Å². The Hall–Kier alpha value is -2.71. The van der Waals surface area contributed by atoms with E-state index in [0.29, 0.717) is 0 Å². The van der Waals surface area contributed by atoms with Crippen molar-refractivity contribution < 1.29 is 19.4 Å². The van der Waals surface area contributed by atoms with Crippen LogP contribution >= 0.6 is 0 Å². The van der Waals surface area contributed by atoms with Gasteiger partial charge >= 0.3 is 5.97 Å². The molecule has 18 heavy (non-hydrogen) atoms. The summed E-state index contributed by atoms with van der Waals surface area (Å²) in [6.45, 7) is 0. The first-order valence-electron chi connectivity index (χ1n) is 4.65. The van der Waals surface area contributed by atoms with Crippen LogP contribution in [0, 0.1) is 20.2 Å². The second-order valence-corrected chi connectivity index (χ2v) is 3.15. The van der Waals surface area contributed by atoms with E-state index in [2.05, 4.69) is 10.1 Å². The molecule has 1 aromatic carbocycles. The van der Waals surface area contributed by atoms with E-state index in [1.807, 2.05) is 0 Å². The average molecular weight is 255 g/mol. The summed E-state index contributed by atoms with van der Waals surface area (Å²) in [5.74, 6) is -0.885. The summed E-state index contributed by atoms with van der Waals surface area (Å²) in [5.41, 5.74) is -1.65. The van der Waals surface area contributed by atoms with Crippen molar-refractivity contribution in [1.29, 1.82) is 0 Å². The van der Waals surface area contributed by atoms with Crippen molar-refractivity contribution in [2.24, 2.45) is 0 Å². The van der Waals surface area contributed by atoms with Crippen molar-refractivity contribution in [2.45, 2.75) is 0 Å². The number of benzene rings is 1. The molecule has 96 valence electrons. The van der Waals surface area contributed by atoms with E-state index in [9.17, 15) is 25.0 Å². The van der Waals surface area contributed by atoms with E-state index >= 15 is 0 Å². The van der Waals surface area contributed by atoms with Gasteiger partial charge in [0.25, 0.3) is 11.4 Å². The summed E-state index contributed by atoms with van der Waals surface area (Å²) in [7, 11) is 2.39. The van der Waals surface area contributed by atoms with Gasteiger partial charge in [-0.15, -0.1) is 0 Å². The zero-order valence-electron chi connectivity index (χ0n) is 9.50. The fourth-order valence-electron chi connectivity index (χ4n) is 1.39. The van der Waals surface area contributed by atoms with Crippen LogP contribution in [0.1, 0.15) is 10.4 Å². The number of esters is 1. The van der Waals surface area contributed by atoms with Gasteiger partial charge in [0, 0.05) is 19.2 Å². The molecule has 0 fully saturated rings. The number of nitro benzene ring substituents is 2. The second-order valence-electron chi connectivity index (χ2n) is 3.15. The lowest BCUT2D eigenvalue weighted by Crippen LogP contribution is -2.07. The molecule has 0 amide bonds. The number of nitrogens with zero attached hydrogens (tertiary/aromatic N) is 2. The minimum absolute atomic E-state index is 0.255. The maximum atomic E-state index is 11.3. The largest absolute Gasteiger partial charge is 0.465 e. The minimum Gasteiger partial charge on any atom is -0.465 e. The van der Waals surface area contributed by atoms with Gasteiger partial charge in [-0.3, -0.25) is 20.2 Å². The van der Waals surface area contributed by atoms with Gasteiger partial charge in [-0.05, 0) is 0 Å². The Morgan fingerprint density at radius 2 is 1.67 bits per heavy atom. The maximum absolute atomic E-state index is 11.3. The molecule has 1 rings (SSSR count). The third-order valence-corrected chi connectivity index (χ3v) is 2.16. The number of nitrogens with one attached hydrogen (secondary N) is 1. The highest BCUT2D eigenvalue weighted by molar-refractivity contribution is 5.93. The van der Waals surface area contributed by atoms with Crippen LogP contribution < -0.4 is 5.32 Å². The lowest BCUT2D eigenvalue weighted by molar-refractivity contribution is -0.392. The van der Waals surface area contributed by atoms with Gasteiger partial charge in [0.2, 0.25) is 0 Å². The van der Waals surface area contributed by atoms with Crippen LogP contribution in [0.15, 0.2) is 12.1 Å². The van der Waals surface area contributed by atoms with Crippen molar-refractivity contribution in [3.05, 3.63) is 37.9 Å². The van der Waals surface area contributed by atoms with Crippen molar-refractivity contribution in [1.82, 2.24) is 0 Å². The number of ether oxygens (including phenoxy) is 1. The van der Waals surface area contributed by atoms with Crippen molar-refractivity contribution in [3.8, 4) is 0 Å². The molecule has 0 aliphatic rings. The number of carbonyl (C=O) groups excluding carboxylic acids is 1. The third kappa shape index (κ3) is 2.34. The summed E-state index contributed by atoms with van der Waals surface area (Å²) < 4.78 is 4.37. The van der Waals surface area contributed by atoms with Gasteiger partial charge in [-0.25, -0.2) is 4.79 Å². The molecule has 9 heteroatoms. The molecular formula is C9H9N3O6. The normalized spacial score (nSPS) is 9.67. The van der Waals surface area contributed by atoms with Crippen LogP contribution in [0.3, 0.4) is 0 Å². The molecule has 1 aromatic rings. The molecule has 0 spiro atoms. The highest BCUT2D eigenvalue weighted by Crippen LogP contribution is 2.35. The zero-order valence-corrected chi connectivity index (χ0v) is 9.50. The molecule has 0 heterocycles. The predicted octanol–water partition coefficient (Wildman–Crippen LogP) is 1.33. The molecule has 0 aliphatic heterocycles. The van der Waals surface area contributed by atoms with Gasteiger partial charge < -0.3 is 10.1 Å². The lowest BCUT2D eigenvalue weighted by atomic mass is 10.1. The summed E-state index contributed by atoms with van der Waals surface area (Å²) in [4.78, 5) is 31.3. The Labute approximate surface area is 101 Å². The number of nitro groups is 2. The first kappa shape index (κ1) is 13.4. The van der Waals surface area contributed by atoms with Crippen LogP contribution in [-0.4, -0.2) is 30.0 Å². The number of methoxy groups -OCH3 is 1. The molecule has 0 bridgehead atoms. The van der Waals surface area contributed by atoms with Gasteiger partial charge in [0.1, 0.15) is 0 Å². The van der Waals surface area contributed by atoms with E-state index < -0.39 is 27.2 Å². The first-order valence-corrected chi connectivity index (χ1v) is 4.65. The summed E-state index contributed by atoms with van der Waals surface area (Å²) in [5, 5.41) is 24.0. The fraction of sp³-hybridized carbons (Fsp3) is 0.222. The Kier molecular flexibility index (Phi) is 3.77. The lowest BCUT2D eigenvalue weighted by Gasteiger charge is -2.05. The summed E-state index contributed by atoms with van der Waals surface area (Å²) in [6, 6.07) is 1.84. The molecular weight excluding hydrogens is 246 g/mol. The quantitative estimate of drug-likeness (QED) is 0.488. The number of carbonyl (C=O) groups is 1. The molecule has 0 aromatic heterocycles. The number of hydrogen-bond acceptors (Lipinski definition) is 7. The molecule has 0 saturated heterocycles. The first-order chi connectivity index (χ1) is 8.42. The topological polar surface area (TPSA) is 125 Å². The van der Waals surface area contributed by atoms with Crippen LogP contribution in [0.4, 0.5) is 17.1 Å². The van der Waals surface area contributed by atoms with Crippen LogP contribution in [0.2, 0.25) is 0 Å². The molecule has 0 saturated carbocycles. The summed E-state index contributed by atoms with van der Waals surface area (Å²) >= 11 is 0. The van der Waals surface area contributed by atoms with Crippen LogP contribution in [0.25, 0.3) is 0 Å². The van der Waals surface area contributed by atoms with E-state index in [1.165, 1.54) is 7.05 Å². The number of anilines is 1. The smallest absolute Gasteiger partial charge is 0.338 e. The second kappa shape index (κ2) is 5.08. The van der Waals surface area contributed by atoms with E-state index in [4.69, 9.17) is 0 Å². The van der Waals surface area contributed by atoms with Gasteiger partial charge in [-0.1, -0.05) is 0 Å². The summed E-state index contributed by atoms with van der Waals surface area (Å²) in [6.07, 6.45) is 0. The maximum Gasteiger partial charge on any atom is 0.338 e. The average Bonchev–Trinajstić information content (AvgIpc) is 2.35. The predicted molar refractivity (Wildman–Crippen MR) is 60.6 cm³/mol. The standard InChI is InChI=1S/C9H9N3O6/c1-10-8-6(11(14)15)3-5(9(13)18-2)4-7(8)12(16)17/h3-4,10H,1-2H3. The molecule has 0 radical (unpaired) electrons. The van der Waals surface area contributed by atoms with Crippen molar-refractivity contribution in [3.63, 3.8) is 0 Å². The zero-order chi connectivity index (χ0) is 13.9. The van der Waals surface area contributed by atoms with Crippen molar-refractivity contribution in [2.75, 3.05) is 19.5 Å². The highest BCUT2D eigenvalue weighted by atomic mass is 16.6. The fourth-order valence-corrected chi connectivity index (χ4v) is 1.39. The van der Waals surface area contributed by atoms with E-state index in [1.54, 1.807) is 0 Å². The van der Waals surface area contributed by atoms with Gasteiger partial charge in [-0.2, -0.15) is 0 Å². The monoisotopic (exact) mass is 255 g/mol. The van der Waals surface area contributed by atoms with Crippen molar-refractivity contribution >= 4 is 23.0 Å². The van der Waals surface area contributed by atoms with Gasteiger partial charge in [0.15, 0.2) is 5.69 Å². The van der Waals surface area contributed by atoms with E-state index in [-0.39, 0.29) is 11.3 Å². The van der Waals surface area contributed by atoms with Crippen LogP contribution in [-0.2, 0) is 4.74 Å². The molecule has 0 aliphatic carbocycles. The Morgan fingerprint density at radius 3 is 1.94 bits per heavy atom. The third-order valence-electron chi connectivity index (χ3n) is 2.16. The molecule has 0 unspecified atom stereocenters. The molecule has 1 N–H and O–H groups in total. The van der Waals surface area contributed by atoms with E-state index in [0.717, 1.165) is 19.2 Å². The minimum atomic E-state index is -0.885.